The molecule has 3 aromatic rings. The summed E-state index contributed by atoms with van der Waals surface area (Å²) in [5, 5.41) is 4.20. The Hall–Kier alpha value is -2.83. The number of anilines is 2. The Kier molecular flexibility index (Phi) is 6.89. The van der Waals surface area contributed by atoms with Crippen LogP contribution in [-0.4, -0.2) is 38.8 Å². The van der Waals surface area contributed by atoms with Gasteiger partial charge in [0.15, 0.2) is 0 Å². The van der Waals surface area contributed by atoms with Crippen molar-refractivity contribution < 1.29 is 14.3 Å². The van der Waals surface area contributed by atoms with Gasteiger partial charge in [0.2, 0.25) is 0 Å². The second kappa shape index (κ2) is 9.98. The van der Waals surface area contributed by atoms with Crippen LogP contribution in [0.1, 0.15) is 28.6 Å². The fourth-order valence-electron chi connectivity index (χ4n) is 3.59. The first-order chi connectivity index (χ1) is 15.2. The molecule has 1 aliphatic heterocycles. The van der Waals surface area contributed by atoms with Crippen LogP contribution in [0.15, 0.2) is 54.6 Å². The van der Waals surface area contributed by atoms with Gasteiger partial charge in [0.05, 0.1) is 29.7 Å². The molecule has 1 aliphatic rings. The Bertz CT molecular complexity index is 1030. The third kappa shape index (κ3) is 5.09. The van der Waals surface area contributed by atoms with Crippen LogP contribution < -0.4 is 15.0 Å². The number of carbonyl (C=O) groups excluding carboxylic acids is 1. The SMILES string of the molecule is CCCOc1ccc(NC(=O)c2cc(-c3ccccc3)c(N3CCOCC3)s2)c(C)c1. The summed E-state index contributed by atoms with van der Waals surface area (Å²) >= 11 is 1.54. The molecule has 0 aliphatic carbocycles. The van der Waals surface area contributed by atoms with E-state index >= 15 is 0 Å². The summed E-state index contributed by atoms with van der Waals surface area (Å²) in [6, 6.07) is 18.0. The third-order valence-corrected chi connectivity index (χ3v) is 6.43. The largest absolute Gasteiger partial charge is 0.494 e. The second-order valence-corrected chi connectivity index (χ2v) is 8.60. The molecule has 0 spiro atoms. The zero-order valence-electron chi connectivity index (χ0n) is 18.0. The van der Waals surface area contributed by atoms with Gasteiger partial charge in [-0.25, -0.2) is 0 Å². The zero-order chi connectivity index (χ0) is 21.6. The number of amides is 1. The van der Waals surface area contributed by atoms with Crippen LogP contribution in [0.4, 0.5) is 10.7 Å². The van der Waals surface area contributed by atoms with Crippen LogP contribution in [0.3, 0.4) is 0 Å². The van der Waals surface area contributed by atoms with E-state index < -0.39 is 0 Å². The Labute approximate surface area is 187 Å². The van der Waals surface area contributed by atoms with Gasteiger partial charge in [-0.3, -0.25) is 4.79 Å². The molecule has 0 unspecified atom stereocenters. The average Bonchev–Trinajstić information content (AvgIpc) is 3.26. The van der Waals surface area contributed by atoms with E-state index in [0.29, 0.717) is 24.7 Å². The van der Waals surface area contributed by atoms with Crippen molar-refractivity contribution in [2.45, 2.75) is 20.3 Å². The summed E-state index contributed by atoms with van der Waals surface area (Å²) in [6.07, 6.45) is 0.963. The van der Waals surface area contributed by atoms with Crippen molar-refractivity contribution in [2.75, 3.05) is 43.1 Å². The van der Waals surface area contributed by atoms with Crippen molar-refractivity contribution in [1.82, 2.24) is 0 Å². The lowest BCUT2D eigenvalue weighted by molar-refractivity contribution is 0.103. The molecule has 0 saturated carbocycles. The van der Waals surface area contributed by atoms with Crippen molar-refractivity contribution in [1.29, 1.82) is 0 Å². The van der Waals surface area contributed by atoms with Crippen molar-refractivity contribution in [2.24, 2.45) is 0 Å². The Balaban J connectivity index is 1.59. The Morgan fingerprint density at radius 1 is 1.13 bits per heavy atom. The van der Waals surface area contributed by atoms with Gasteiger partial charge in [-0.05, 0) is 48.7 Å². The predicted octanol–water partition coefficient (Wildman–Crippen LogP) is 5.60. The first-order valence-electron chi connectivity index (χ1n) is 10.7. The van der Waals surface area contributed by atoms with Crippen molar-refractivity contribution in [3.8, 4) is 16.9 Å². The molecule has 1 aromatic heterocycles. The number of ether oxygens (including phenoxy) is 2. The van der Waals surface area contributed by atoms with Crippen LogP contribution >= 0.6 is 11.3 Å². The van der Waals surface area contributed by atoms with Crippen LogP contribution in [0, 0.1) is 6.92 Å². The molecule has 0 bridgehead atoms. The van der Waals surface area contributed by atoms with E-state index in [4.69, 9.17) is 9.47 Å². The maximum Gasteiger partial charge on any atom is 0.265 e. The van der Waals surface area contributed by atoms with E-state index in [-0.39, 0.29) is 5.91 Å². The molecule has 162 valence electrons. The van der Waals surface area contributed by atoms with Gasteiger partial charge in [0.1, 0.15) is 5.75 Å². The second-order valence-electron chi connectivity index (χ2n) is 7.57. The molecule has 1 fully saturated rings. The number of morpholine rings is 1. The van der Waals surface area contributed by atoms with Crippen molar-refractivity contribution >= 4 is 27.9 Å². The lowest BCUT2D eigenvalue weighted by atomic mass is 10.1. The minimum Gasteiger partial charge on any atom is -0.494 e. The van der Waals surface area contributed by atoms with E-state index in [0.717, 1.165) is 52.6 Å². The standard InChI is InChI=1S/C25H28N2O3S/c1-3-13-30-20-9-10-22(18(2)16-20)26-24(28)23-17-21(19-7-5-4-6-8-19)25(31-23)27-11-14-29-15-12-27/h4-10,16-17H,3,11-15H2,1-2H3,(H,26,28). The monoisotopic (exact) mass is 436 g/mol. The Morgan fingerprint density at radius 2 is 1.90 bits per heavy atom. The molecule has 1 N–H and O–H groups in total. The number of thiophene rings is 1. The van der Waals surface area contributed by atoms with E-state index in [9.17, 15) is 4.79 Å². The van der Waals surface area contributed by atoms with Crippen LogP contribution in [0.5, 0.6) is 5.75 Å². The topological polar surface area (TPSA) is 50.8 Å². The molecular formula is C25H28N2O3S. The van der Waals surface area contributed by atoms with Gasteiger partial charge < -0.3 is 19.7 Å². The molecule has 2 heterocycles. The van der Waals surface area contributed by atoms with Crippen LogP contribution in [0.25, 0.3) is 11.1 Å². The molecule has 31 heavy (non-hydrogen) atoms. The fraction of sp³-hybridized carbons (Fsp3) is 0.320. The highest BCUT2D eigenvalue weighted by molar-refractivity contribution is 7.18. The molecule has 4 rings (SSSR count). The molecule has 1 saturated heterocycles. The number of rotatable bonds is 7. The minimum atomic E-state index is -0.0907. The molecule has 1 amide bonds. The van der Waals surface area contributed by atoms with Gasteiger partial charge in [0.25, 0.3) is 5.91 Å². The highest BCUT2D eigenvalue weighted by atomic mass is 32.1. The molecular weight excluding hydrogens is 408 g/mol. The Morgan fingerprint density at radius 3 is 2.61 bits per heavy atom. The molecule has 0 radical (unpaired) electrons. The molecule has 5 nitrogen and oxygen atoms in total. The third-order valence-electron chi connectivity index (χ3n) is 5.24. The summed E-state index contributed by atoms with van der Waals surface area (Å²) in [6.45, 7) is 7.83. The highest BCUT2D eigenvalue weighted by Gasteiger charge is 2.22. The zero-order valence-corrected chi connectivity index (χ0v) is 18.8. The summed E-state index contributed by atoms with van der Waals surface area (Å²) in [7, 11) is 0. The van der Waals surface area contributed by atoms with Crippen LogP contribution in [-0.2, 0) is 4.74 Å². The first kappa shape index (κ1) is 21.4. The fourth-order valence-corrected chi connectivity index (χ4v) is 4.72. The smallest absolute Gasteiger partial charge is 0.265 e. The van der Waals surface area contributed by atoms with E-state index in [1.165, 1.54) is 0 Å². The van der Waals surface area contributed by atoms with Gasteiger partial charge >= 0.3 is 0 Å². The van der Waals surface area contributed by atoms with Gasteiger partial charge in [0, 0.05) is 24.3 Å². The lowest BCUT2D eigenvalue weighted by Crippen LogP contribution is -2.35. The maximum absolute atomic E-state index is 13.1. The summed E-state index contributed by atoms with van der Waals surface area (Å²) in [5.74, 6) is 0.737. The minimum absolute atomic E-state index is 0.0907. The maximum atomic E-state index is 13.1. The number of benzene rings is 2. The van der Waals surface area contributed by atoms with Crippen molar-refractivity contribution in [3.05, 3.63) is 65.0 Å². The number of nitrogens with zero attached hydrogens (tertiary/aromatic N) is 1. The first-order valence-corrected chi connectivity index (χ1v) is 11.5. The lowest BCUT2D eigenvalue weighted by Gasteiger charge is -2.28. The highest BCUT2D eigenvalue weighted by Crippen LogP contribution is 2.39. The summed E-state index contributed by atoms with van der Waals surface area (Å²) in [4.78, 5) is 16.1. The van der Waals surface area contributed by atoms with Crippen LogP contribution in [0.2, 0.25) is 0 Å². The quantitative estimate of drug-likeness (QED) is 0.524. The van der Waals surface area contributed by atoms with Gasteiger partial charge in [-0.15, -0.1) is 11.3 Å². The molecule has 0 atom stereocenters. The predicted molar refractivity (Wildman–Crippen MR) is 128 cm³/mol. The van der Waals surface area contributed by atoms with Gasteiger partial charge in [-0.2, -0.15) is 0 Å². The normalized spacial score (nSPS) is 13.8. The number of aryl methyl sites for hydroxylation is 1. The van der Waals surface area contributed by atoms with E-state index in [2.05, 4.69) is 29.3 Å². The summed E-state index contributed by atoms with van der Waals surface area (Å²) < 4.78 is 11.2. The number of hydrogen-bond donors (Lipinski definition) is 1. The summed E-state index contributed by atoms with van der Waals surface area (Å²) in [5.41, 5.74) is 4.00. The van der Waals surface area contributed by atoms with E-state index in [1.54, 1.807) is 11.3 Å². The molecule has 6 heteroatoms. The molecule has 2 aromatic carbocycles. The number of nitrogens with one attached hydrogen (secondary N) is 1. The van der Waals surface area contributed by atoms with Gasteiger partial charge in [-0.1, -0.05) is 37.3 Å². The van der Waals surface area contributed by atoms with E-state index in [1.807, 2.05) is 49.4 Å². The number of carbonyl (C=O) groups is 1. The average molecular weight is 437 g/mol. The number of hydrogen-bond acceptors (Lipinski definition) is 5. The van der Waals surface area contributed by atoms with Crippen molar-refractivity contribution in [3.63, 3.8) is 0 Å².